The predicted molar refractivity (Wildman–Crippen MR) is 92.9 cm³/mol. The minimum absolute atomic E-state index is 0.0575. The normalized spacial score (nSPS) is 38.8. The molecule has 0 spiro atoms. The Balaban J connectivity index is 1.40. The first-order valence-corrected chi connectivity index (χ1v) is 9.04. The molecule has 0 aromatic heterocycles. The molecular formula is C19H28BNO2. The molecule has 23 heavy (non-hydrogen) atoms. The first-order chi connectivity index (χ1) is 10.9. The Bertz CT molecular complexity index is 578. The van der Waals surface area contributed by atoms with Crippen molar-refractivity contribution in [3.05, 3.63) is 35.9 Å². The van der Waals surface area contributed by atoms with E-state index in [-0.39, 0.29) is 24.8 Å². The van der Waals surface area contributed by atoms with Crippen LogP contribution in [0.25, 0.3) is 0 Å². The molecule has 0 amide bonds. The number of hydrogen-bond acceptors (Lipinski definition) is 3. The zero-order valence-electron chi connectivity index (χ0n) is 14.5. The Kier molecular flexibility index (Phi) is 3.64. The van der Waals surface area contributed by atoms with Gasteiger partial charge in [-0.25, -0.2) is 0 Å². The second-order valence-corrected chi connectivity index (χ2v) is 8.53. The summed E-state index contributed by atoms with van der Waals surface area (Å²) >= 11 is 0. The lowest BCUT2D eigenvalue weighted by Gasteiger charge is -2.64. The zero-order chi connectivity index (χ0) is 16.2. The predicted octanol–water partition coefficient (Wildman–Crippen LogP) is 3.21. The van der Waals surface area contributed by atoms with Crippen molar-refractivity contribution >= 4 is 7.12 Å². The van der Waals surface area contributed by atoms with Crippen LogP contribution in [0, 0.1) is 17.3 Å². The van der Waals surface area contributed by atoms with Gasteiger partial charge in [0.25, 0.3) is 0 Å². The molecule has 1 aromatic rings. The molecule has 5 rings (SSSR count). The quantitative estimate of drug-likeness (QED) is 0.868. The van der Waals surface area contributed by atoms with Gasteiger partial charge in [-0.3, -0.25) is 0 Å². The molecule has 1 aliphatic heterocycles. The van der Waals surface area contributed by atoms with Crippen molar-refractivity contribution in [3.63, 3.8) is 0 Å². The van der Waals surface area contributed by atoms with E-state index >= 15 is 0 Å². The number of benzene rings is 1. The van der Waals surface area contributed by atoms with Crippen LogP contribution in [0.5, 0.6) is 0 Å². The molecule has 3 saturated carbocycles. The SMILES string of the molecule is CC1(C)C2C[C@H]1C1(C)OB([C@@H](N)CCc3ccccc3)O[C@@H]1C2. The Labute approximate surface area is 140 Å². The van der Waals surface area contributed by atoms with Gasteiger partial charge in [-0.15, -0.1) is 0 Å². The highest BCUT2D eigenvalue weighted by Gasteiger charge is 2.68. The Morgan fingerprint density at radius 2 is 1.96 bits per heavy atom. The van der Waals surface area contributed by atoms with Gasteiger partial charge >= 0.3 is 7.12 Å². The number of hydrogen-bond donors (Lipinski definition) is 1. The molecule has 3 aliphatic carbocycles. The third-order valence-electron chi connectivity index (χ3n) is 6.93. The molecule has 0 radical (unpaired) electrons. The van der Waals surface area contributed by atoms with E-state index in [4.69, 9.17) is 15.0 Å². The van der Waals surface area contributed by atoms with Crippen LogP contribution in [0.2, 0.25) is 0 Å². The second-order valence-electron chi connectivity index (χ2n) is 8.53. The van der Waals surface area contributed by atoms with Gasteiger partial charge in [-0.2, -0.15) is 0 Å². The van der Waals surface area contributed by atoms with Crippen LogP contribution in [0.15, 0.2) is 30.3 Å². The minimum atomic E-state index is -0.246. The summed E-state index contributed by atoms with van der Waals surface area (Å²) in [5, 5.41) is 0. The summed E-state index contributed by atoms with van der Waals surface area (Å²) in [5.74, 6) is 1.33. The summed E-state index contributed by atoms with van der Waals surface area (Å²) in [4.78, 5) is 0. The van der Waals surface area contributed by atoms with E-state index in [1.807, 2.05) is 6.07 Å². The van der Waals surface area contributed by atoms with Crippen molar-refractivity contribution in [1.82, 2.24) is 0 Å². The van der Waals surface area contributed by atoms with Crippen LogP contribution in [-0.4, -0.2) is 24.8 Å². The van der Waals surface area contributed by atoms with Crippen molar-refractivity contribution in [2.45, 2.75) is 64.1 Å². The molecule has 2 unspecified atom stereocenters. The maximum Gasteiger partial charge on any atom is 0.475 e. The van der Waals surface area contributed by atoms with Gasteiger partial charge in [0.1, 0.15) is 0 Å². The highest BCUT2D eigenvalue weighted by Crippen LogP contribution is 2.65. The largest absolute Gasteiger partial charge is 0.475 e. The molecule has 2 N–H and O–H groups in total. The highest BCUT2D eigenvalue weighted by atomic mass is 16.7. The van der Waals surface area contributed by atoms with Crippen LogP contribution in [0.4, 0.5) is 0 Å². The molecule has 4 heteroatoms. The maximum absolute atomic E-state index is 6.44. The van der Waals surface area contributed by atoms with Crippen LogP contribution in [0.3, 0.4) is 0 Å². The van der Waals surface area contributed by atoms with Gasteiger partial charge in [0.15, 0.2) is 0 Å². The van der Waals surface area contributed by atoms with Crippen LogP contribution < -0.4 is 5.73 Å². The van der Waals surface area contributed by atoms with Crippen LogP contribution in [0.1, 0.15) is 45.6 Å². The molecule has 1 heterocycles. The molecule has 5 atom stereocenters. The lowest BCUT2D eigenvalue weighted by atomic mass is 9.43. The van der Waals surface area contributed by atoms with Crippen molar-refractivity contribution in [2.75, 3.05) is 0 Å². The van der Waals surface area contributed by atoms with E-state index in [9.17, 15) is 0 Å². The summed E-state index contributed by atoms with van der Waals surface area (Å²) in [5.41, 5.74) is 7.98. The number of aryl methyl sites for hydroxylation is 1. The summed E-state index contributed by atoms with van der Waals surface area (Å²) in [6.45, 7) is 7.03. The molecule has 124 valence electrons. The lowest BCUT2D eigenvalue weighted by molar-refractivity contribution is -0.199. The molecule has 4 aliphatic rings. The van der Waals surface area contributed by atoms with Gasteiger partial charge in [-0.05, 0) is 55.4 Å². The van der Waals surface area contributed by atoms with E-state index in [0.29, 0.717) is 11.3 Å². The number of nitrogens with two attached hydrogens (primary N) is 1. The van der Waals surface area contributed by atoms with E-state index < -0.39 is 0 Å². The van der Waals surface area contributed by atoms with Gasteiger partial charge in [0, 0.05) is 5.94 Å². The summed E-state index contributed by atoms with van der Waals surface area (Å²) in [6, 6.07) is 10.5. The maximum atomic E-state index is 6.44. The average Bonchev–Trinajstić information content (AvgIpc) is 2.90. The average molecular weight is 313 g/mol. The monoisotopic (exact) mass is 313 g/mol. The second kappa shape index (κ2) is 5.33. The molecule has 2 bridgehead atoms. The third-order valence-corrected chi connectivity index (χ3v) is 6.93. The van der Waals surface area contributed by atoms with Gasteiger partial charge in [-0.1, -0.05) is 44.2 Å². The minimum Gasteiger partial charge on any atom is -0.404 e. The highest BCUT2D eigenvalue weighted by molar-refractivity contribution is 6.47. The molecule has 1 saturated heterocycles. The van der Waals surface area contributed by atoms with Crippen molar-refractivity contribution < 1.29 is 9.31 Å². The molecule has 3 nitrogen and oxygen atoms in total. The lowest BCUT2D eigenvalue weighted by Crippen LogP contribution is -2.65. The van der Waals surface area contributed by atoms with E-state index in [0.717, 1.165) is 25.2 Å². The first kappa shape index (κ1) is 15.7. The summed E-state index contributed by atoms with van der Waals surface area (Å²) < 4.78 is 12.7. The standard InChI is InChI=1S/C19H28BNO2/c1-18(2)14-11-15(18)19(3)16(12-14)22-20(23-19)17(21)10-9-13-7-5-4-6-8-13/h4-8,14-17H,9-12,21H2,1-3H3/t14?,15-,16-,17+,19?/m1/s1. The van der Waals surface area contributed by atoms with Crippen molar-refractivity contribution in [2.24, 2.45) is 23.0 Å². The fourth-order valence-electron chi connectivity index (χ4n) is 5.20. The molecular weight excluding hydrogens is 285 g/mol. The summed E-state index contributed by atoms with van der Waals surface area (Å²) in [6.07, 6.45) is 4.52. The van der Waals surface area contributed by atoms with Crippen molar-refractivity contribution in [3.8, 4) is 0 Å². The number of rotatable bonds is 4. The van der Waals surface area contributed by atoms with E-state index in [1.54, 1.807) is 0 Å². The smallest absolute Gasteiger partial charge is 0.404 e. The van der Waals surface area contributed by atoms with Crippen molar-refractivity contribution in [1.29, 1.82) is 0 Å². The topological polar surface area (TPSA) is 44.5 Å². The van der Waals surface area contributed by atoms with E-state index in [2.05, 4.69) is 45.0 Å². The van der Waals surface area contributed by atoms with Gasteiger partial charge in [0.05, 0.1) is 11.7 Å². The van der Waals surface area contributed by atoms with E-state index in [1.165, 1.54) is 12.0 Å². The first-order valence-electron chi connectivity index (χ1n) is 9.04. The third kappa shape index (κ3) is 2.38. The molecule has 1 aromatic carbocycles. The van der Waals surface area contributed by atoms with Gasteiger partial charge < -0.3 is 15.0 Å². The van der Waals surface area contributed by atoms with Gasteiger partial charge in [0.2, 0.25) is 0 Å². The molecule has 4 fully saturated rings. The Morgan fingerprint density at radius 3 is 2.65 bits per heavy atom. The Morgan fingerprint density at radius 1 is 1.22 bits per heavy atom. The summed E-state index contributed by atoms with van der Waals surface area (Å²) in [7, 11) is -0.246. The Hall–Kier alpha value is -0.835. The van der Waals surface area contributed by atoms with Crippen LogP contribution >= 0.6 is 0 Å². The fourth-order valence-corrected chi connectivity index (χ4v) is 5.20. The fraction of sp³-hybridized carbons (Fsp3) is 0.684. The van der Waals surface area contributed by atoms with Crippen LogP contribution in [-0.2, 0) is 15.7 Å². The zero-order valence-corrected chi connectivity index (χ0v) is 14.5.